The van der Waals surface area contributed by atoms with Crippen LogP contribution in [0.2, 0.25) is 0 Å². The predicted molar refractivity (Wildman–Crippen MR) is 102 cm³/mol. The fourth-order valence-corrected chi connectivity index (χ4v) is 3.61. The lowest BCUT2D eigenvalue weighted by molar-refractivity contribution is -0.133. The highest BCUT2D eigenvalue weighted by Crippen LogP contribution is 2.20. The van der Waals surface area contributed by atoms with Crippen LogP contribution in [0.15, 0.2) is 24.3 Å². The first-order chi connectivity index (χ1) is 11.6. The van der Waals surface area contributed by atoms with E-state index in [2.05, 4.69) is 17.6 Å². The lowest BCUT2D eigenvalue weighted by Gasteiger charge is -2.28. The van der Waals surface area contributed by atoms with Gasteiger partial charge < -0.3 is 15.5 Å². The standard InChI is InChI=1S/C19H27N3O2.ClH/c1-14-11-16(8-9-20-14)19(24)21-17-6-4-5-15(12-17)13-22-10-3-2-7-18(22)23;/h4-6,12,14,16,20H,2-3,7-11,13H2,1H3,(H,21,24);1H/t14-,16-;/m0./s1. The Hall–Kier alpha value is -1.59. The van der Waals surface area contributed by atoms with Crippen molar-refractivity contribution in [1.29, 1.82) is 0 Å². The molecule has 2 atom stereocenters. The van der Waals surface area contributed by atoms with Crippen LogP contribution < -0.4 is 10.6 Å². The maximum Gasteiger partial charge on any atom is 0.227 e. The number of piperidine rings is 2. The predicted octanol–water partition coefficient (Wildman–Crippen LogP) is 2.95. The molecule has 1 aromatic rings. The number of likely N-dealkylation sites (tertiary alicyclic amines) is 1. The maximum absolute atomic E-state index is 12.5. The molecule has 2 fully saturated rings. The Morgan fingerprint density at radius 3 is 2.96 bits per heavy atom. The molecule has 0 aromatic heterocycles. The zero-order valence-corrected chi connectivity index (χ0v) is 15.6. The molecule has 0 aliphatic carbocycles. The van der Waals surface area contributed by atoms with Crippen LogP contribution in [0.25, 0.3) is 0 Å². The first-order valence-corrected chi connectivity index (χ1v) is 9.03. The summed E-state index contributed by atoms with van der Waals surface area (Å²) < 4.78 is 0. The zero-order valence-electron chi connectivity index (χ0n) is 14.8. The van der Waals surface area contributed by atoms with E-state index in [9.17, 15) is 9.59 Å². The fourth-order valence-electron chi connectivity index (χ4n) is 3.61. The summed E-state index contributed by atoms with van der Waals surface area (Å²) in [5.74, 6) is 0.419. The van der Waals surface area contributed by atoms with Crippen LogP contribution in [0.1, 0.15) is 44.6 Å². The van der Waals surface area contributed by atoms with E-state index in [1.165, 1.54) is 0 Å². The Kier molecular flexibility index (Phi) is 7.26. The van der Waals surface area contributed by atoms with Crippen molar-refractivity contribution in [3.05, 3.63) is 29.8 Å². The van der Waals surface area contributed by atoms with Gasteiger partial charge >= 0.3 is 0 Å². The van der Waals surface area contributed by atoms with Crippen molar-refractivity contribution in [3.63, 3.8) is 0 Å². The highest BCUT2D eigenvalue weighted by molar-refractivity contribution is 5.92. The third-order valence-corrected chi connectivity index (χ3v) is 4.98. The lowest BCUT2D eigenvalue weighted by Crippen LogP contribution is -2.40. The number of carbonyl (C=O) groups excluding carboxylic acids is 2. The number of nitrogens with one attached hydrogen (secondary N) is 2. The van der Waals surface area contributed by atoms with E-state index in [1.54, 1.807) is 0 Å². The van der Waals surface area contributed by atoms with Gasteiger partial charge in [-0.1, -0.05) is 12.1 Å². The summed E-state index contributed by atoms with van der Waals surface area (Å²) in [7, 11) is 0. The summed E-state index contributed by atoms with van der Waals surface area (Å²) in [6.07, 6.45) is 4.51. The van der Waals surface area contributed by atoms with Gasteiger partial charge in [-0.05, 0) is 56.8 Å². The molecule has 0 spiro atoms. The average molecular weight is 366 g/mol. The van der Waals surface area contributed by atoms with Gasteiger partial charge in [-0.15, -0.1) is 12.4 Å². The summed E-state index contributed by atoms with van der Waals surface area (Å²) in [4.78, 5) is 26.3. The summed E-state index contributed by atoms with van der Waals surface area (Å²) in [5.41, 5.74) is 1.90. The van der Waals surface area contributed by atoms with Gasteiger partial charge in [-0.25, -0.2) is 0 Å². The van der Waals surface area contributed by atoms with Crippen LogP contribution in [-0.2, 0) is 16.1 Å². The lowest BCUT2D eigenvalue weighted by atomic mass is 9.92. The Morgan fingerprint density at radius 2 is 2.20 bits per heavy atom. The number of benzene rings is 1. The van der Waals surface area contributed by atoms with Crippen molar-refractivity contribution in [2.24, 2.45) is 5.92 Å². The van der Waals surface area contributed by atoms with Gasteiger partial charge in [0.2, 0.25) is 11.8 Å². The molecule has 2 heterocycles. The molecule has 138 valence electrons. The summed E-state index contributed by atoms with van der Waals surface area (Å²) in [6.45, 7) is 4.49. The van der Waals surface area contributed by atoms with Gasteiger partial charge in [0.15, 0.2) is 0 Å². The summed E-state index contributed by atoms with van der Waals surface area (Å²) in [5, 5.41) is 6.42. The van der Waals surface area contributed by atoms with Crippen LogP contribution in [0.4, 0.5) is 5.69 Å². The van der Waals surface area contributed by atoms with Crippen molar-refractivity contribution in [1.82, 2.24) is 10.2 Å². The van der Waals surface area contributed by atoms with Crippen LogP contribution >= 0.6 is 12.4 Å². The number of anilines is 1. The maximum atomic E-state index is 12.5. The Labute approximate surface area is 155 Å². The zero-order chi connectivity index (χ0) is 16.9. The molecule has 1 aromatic carbocycles. The number of nitrogens with zero attached hydrogens (tertiary/aromatic N) is 1. The second-order valence-corrected chi connectivity index (χ2v) is 7.04. The highest BCUT2D eigenvalue weighted by Gasteiger charge is 2.24. The molecule has 2 aliphatic heterocycles. The van der Waals surface area contributed by atoms with E-state index in [1.807, 2.05) is 29.2 Å². The topological polar surface area (TPSA) is 61.4 Å². The second kappa shape index (κ2) is 9.20. The van der Waals surface area contributed by atoms with Gasteiger partial charge in [0.05, 0.1) is 0 Å². The molecule has 0 radical (unpaired) electrons. The van der Waals surface area contributed by atoms with Crippen LogP contribution in [-0.4, -0.2) is 35.8 Å². The van der Waals surface area contributed by atoms with Crippen molar-refractivity contribution in [2.75, 3.05) is 18.4 Å². The molecule has 6 heteroatoms. The molecule has 2 N–H and O–H groups in total. The Balaban J connectivity index is 0.00000225. The van der Waals surface area contributed by atoms with Gasteiger partial charge in [0.1, 0.15) is 0 Å². The molecule has 5 nitrogen and oxygen atoms in total. The van der Waals surface area contributed by atoms with Crippen LogP contribution in [0.3, 0.4) is 0 Å². The molecule has 0 saturated carbocycles. The first-order valence-electron chi connectivity index (χ1n) is 9.03. The average Bonchev–Trinajstić information content (AvgIpc) is 2.57. The monoisotopic (exact) mass is 365 g/mol. The van der Waals surface area contributed by atoms with Crippen molar-refractivity contribution in [3.8, 4) is 0 Å². The second-order valence-electron chi connectivity index (χ2n) is 7.04. The Morgan fingerprint density at radius 1 is 1.36 bits per heavy atom. The number of hydrogen-bond donors (Lipinski definition) is 2. The quantitative estimate of drug-likeness (QED) is 0.862. The number of rotatable bonds is 4. The minimum atomic E-state index is 0. The van der Waals surface area contributed by atoms with Crippen LogP contribution in [0.5, 0.6) is 0 Å². The summed E-state index contributed by atoms with van der Waals surface area (Å²) >= 11 is 0. The molecule has 25 heavy (non-hydrogen) atoms. The fraction of sp³-hybridized carbons (Fsp3) is 0.579. The van der Waals surface area contributed by atoms with Crippen molar-refractivity contribution in [2.45, 2.75) is 51.6 Å². The van der Waals surface area contributed by atoms with E-state index in [0.29, 0.717) is 19.0 Å². The number of amides is 2. The summed E-state index contributed by atoms with van der Waals surface area (Å²) in [6, 6.07) is 8.27. The van der Waals surface area contributed by atoms with E-state index in [-0.39, 0.29) is 30.1 Å². The van der Waals surface area contributed by atoms with Crippen molar-refractivity contribution < 1.29 is 9.59 Å². The van der Waals surface area contributed by atoms with E-state index < -0.39 is 0 Å². The molecule has 0 unspecified atom stereocenters. The molecular formula is C19H28ClN3O2. The molecule has 3 rings (SSSR count). The Bertz CT molecular complexity index is 608. The molecular weight excluding hydrogens is 338 g/mol. The van der Waals surface area contributed by atoms with E-state index in [0.717, 1.165) is 50.0 Å². The third kappa shape index (κ3) is 5.44. The van der Waals surface area contributed by atoms with Crippen molar-refractivity contribution >= 4 is 29.9 Å². The van der Waals surface area contributed by atoms with Gasteiger partial charge in [-0.2, -0.15) is 0 Å². The first kappa shape index (κ1) is 19.7. The van der Waals surface area contributed by atoms with Crippen LogP contribution in [0, 0.1) is 5.92 Å². The third-order valence-electron chi connectivity index (χ3n) is 4.98. The number of carbonyl (C=O) groups is 2. The van der Waals surface area contributed by atoms with Gasteiger partial charge in [-0.3, -0.25) is 9.59 Å². The minimum Gasteiger partial charge on any atom is -0.338 e. The molecule has 2 amide bonds. The molecule has 2 aliphatic rings. The largest absolute Gasteiger partial charge is 0.338 e. The SMILES string of the molecule is C[C@H]1C[C@@H](C(=O)Nc2cccc(CN3CCCCC3=O)c2)CCN1.Cl. The normalized spacial score (nSPS) is 23.7. The molecule has 0 bridgehead atoms. The molecule has 2 saturated heterocycles. The highest BCUT2D eigenvalue weighted by atomic mass is 35.5. The van der Waals surface area contributed by atoms with E-state index in [4.69, 9.17) is 0 Å². The minimum absolute atomic E-state index is 0. The number of hydrogen-bond acceptors (Lipinski definition) is 3. The number of halogens is 1. The smallest absolute Gasteiger partial charge is 0.227 e. The van der Waals surface area contributed by atoms with Gasteiger partial charge in [0, 0.05) is 37.2 Å². The van der Waals surface area contributed by atoms with E-state index >= 15 is 0 Å². The van der Waals surface area contributed by atoms with Gasteiger partial charge in [0.25, 0.3) is 0 Å².